The number of hydrogen-bond donors (Lipinski definition) is 2. The number of aliphatic hydroxyl groups is 1. The first-order valence-corrected chi connectivity index (χ1v) is 5.82. The molecule has 3 unspecified atom stereocenters. The first-order chi connectivity index (χ1) is 7.63. The van der Waals surface area contributed by atoms with Crippen LogP contribution in [0.4, 0.5) is 0 Å². The van der Waals surface area contributed by atoms with Crippen molar-refractivity contribution in [1.29, 1.82) is 0 Å². The van der Waals surface area contributed by atoms with Crippen molar-refractivity contribution in [2.45, 2.75) is 18.6 Å². The molecule has 3 N–H and O–H groups in total. The first kappa shape index (κ1) is 13.9. The smallest absolute Gasteiger partial charge is 0.0899 e. The average Bonchev–Trinajstić information content (AvgIpc) is 2.21. The summed E-state index contributed by atoms with van der Waals surface area (Å²) in [5.74, 6) is 0.369. The van der Waals surface area contributed by atoms with Gasteiger partial charge in [0.1, 0.15) is 0 Å². The van der Waals surface area contributed by atoms with Crippen molar-refractivity contribution in [1.82, 2.24) is 4.90 Å². The van der Waals surface area contributed by atoms with Gasteiger partial charge in [-0.05, 0) is 13.5 Å². The second-order valence-corrected chi connectivity index (χ2v) is 4.62. The minimum absolute atomic E-state index is 0.218. The van der Waals surface area contributed by atoms with Crippen LogP contribution in [0.3, 0.4) is 0 Å². The molecule has 1 fully saturated rings. The summed E-state index contributed by atoms with van der Waals surface area (Å²) in [6, 6.07) is 0.218. The average molecular weight is 232 g/mol. The van der Waals surface area contributed by atoms with Gasteiger partial charge >= 0.3 is 0 Å². The van der Waals surface area contributed by atoms with E-state index in [1.807, 2.05) is 7.05 Å². The lowest BCUT2D eigenvalue weighted by Gasteiger charge is -2.32. The van der Waals surface area contributed by atoms with E-state index in [0.717, 1.165) is 26.2 Å². The summed E-state index contributed by atoms with van der Waals surface area (Å²) in [6.07, 6.45) is 0.495. The molecule has 96 valence electrons. The maximum absolute atomic E-state index is 9.59. The fourth-order valence-corrected chi connectivity index (χ4v) is 2.08. The highest BCUT2D eigenvalue weighted by Gasteiger charge is 2.24. The van der Waals surface area contributed by atoms with E-state index in [9.17, 15) is 5.11 Å². The lowest BCUT2D eigenvalue weighted by Crippen LogP contribution is -2.45. The van der Waals surface area contributed by atoms with Crippen molar-refractivity contribution in [3.05, 3.63) is 0 Å². The Bertz CT molecular complexity index is 192. The molecule has 0 aromatic carbocycles. The van der Waals surface area contributed by atoms with Gasteiger partial charge in [0.2, 0.25) is 0 Å². The van der Waals surface area contributed by atoms with Gasteiger partial charge in [0, 0.05) is 38.8 Å². The van der Waals surface area contributed by atoms with Gasteiger partial charge in [-0.1, -0.05) is 0 Å². The fraction of sp³-hybridized carbons (Fsp3) is 1.00. The zero-order valence-electron chi connectivity index (χ0n) is 10.3. The standard InChI is InChI=1S/C11H24N2O3/c1-13(6-10(14)8-15-2)5-9-7-16-4-3-11(9)12/h9-11,14H,3-8,12H2,1-2H3. The molecule has 5 nitrogen and oxygen atoms in total. The highest BCUT2D eigenvalue weighted by molar-refractivity contribution is 4.79. The summed E-state index contributed by atoms with van der Waals surface area (Å²) in [4.78, 5) is 2.09. The summed E-state index contributed by atoms with van der Waals surface area (Å²) >= 11 is 0. The third-order valence-electron chi connectivity index (χ3n) is 2.96. The van der Waals surface area contributed by atoms with E-state index in [1.165, 1.54) is 0 Å². The Kier molecular flexibility index (Phi) is 6.23. The maximum Gasteiger partial charge on any atom is 0.0899 e. The van der Waals surface area contributed by atoms with Crippen molar-refractivity contribution in [2.75, 3.05) is 47.1 Å². The number of methoxy groups -OCH3 is 1. The monoisotopic (exact) mass is 232 g/mol. The third kappa shape index (κ3) is 4.76. The summed E-state index contributed by atoms with van der Waals surface area (Å²) < 4.78 is 10.3. The SMILES string of the molecule is COCC(O)CN(C)CC1COCCC1N. The van der Waals surface area contributed by atoms with Crippen LogP contribution >= 0.6 is 0 Å². The molecule has 0 bridgehead atoms. The van der Waals surface area contributed by atoms with Crippen molar-refractivity contribution < 1.29 is 14.6 Å². The summed E-state index contributed by atoms with van der Waals surface area (Å²) in [6.45, 7) is 3.34. The number of ether oxygens (including phenoxy) is 2. The Morgan fingerprint density at radius 2 is 2.38 bits per heavy atom. The molecule has 0 saturated carbocycles. The fourth-order valence-electron chi connectivity index (χ4n) is 2.08. The normalized spacial score (nSPS) is 28.3. The number of hydrogen-bond acceptors (Lipinski definition) is 5. The van der Waals surface area contributed by atoms with Crippen molar-refractivity contribution in [2.24, 2.45) is 11.7 Å². The van der Waals surface area contributed by atoms with Crippen molar-refractivity contribution >= 4 is 0 Å². The van der Waals surface area contributed by atoms with Gasteiger partial charge in [-0.2, -0.15) is 0 Å². The zero-order chi connectivity index (χ0) is 12.0. The lowest BCUT2D eigenvalue weighted by molar-refractivity contribution is 0.0113. The van der Waals surface area contributed by atoms with Crippen LogP contribution in [0.25, 0.3) is 0 Å². The number of aliphatic hydroxyl groups excluding tert-OH is 1. The number of likely N-dealkylation sites (N-methyl/N-ethyl adjacent to an activating group) is 1. The van der Waals surface area contributed by atoms with Crippen LogP contribution in [0, 0.1) is 5.92 Å². The van der Waals surface area contributed by atoms with Gasteiger partial charge in [-0.25, -0.2) is 0 Å². The molecule has 3 atom stereocenters. The highest BCUT2D eigenvalue weighted by atomic mass is 16.5. The molecule has 1 heterocycles. The number of nitrogens with zero attached hydrogens (tertiary/aromatic N) is 1. The molecule has 0 amide bonds. The molecule has 1 aliphatic rings. The Balaban J connectivity index is 2.24. The van der Waals surface area contributed by atoms with Gasteiger partial charge in [-0.3, -0.25) is 0 Å². The Morgan fingerprint density at radius 3 is 3.00 bits per heavy atom. The molecule has 1 rings (SSSR count). The van der Waals surface area contributed by atoms with E-state index in [-0.39, 0.29) is 6.04 Å². The molecule has 0 spiro atoms. The molecular weight excluding hydrogens is 208 g/mol. The van der Waals surface area contributed by atoms with Crippen LogP contribution in [-0.4, -0.2) is 69.2 Å². The predicted octanol–water partition coefficient (Wildman–Crippen LogP) is -0.711. The van der Waals surface area contributed by atoms with Crippen LogP contribution in [-0.2, 0) is 9.47 Å². The highest BCUT2D eigenvalue weighted by Crippen LogP contribution is 2.13. The summed E-state index contributed by atoms with van der Waals surface area (Å²) in [5, 5.41) is 9.59. The van der Waals surface area contributed by atoms with Gasteiger partial charge in [0.25, 0.3) is 0 Å². The maximum atomic E-state index is 9.59. The van der Waals surface area contributed by atoms with Crippen molar-refractivity contribution in [3.63, 3.8) is 0 Å². The number of rotatable bonds is 6. The Labute approximate surface area is 97.5 Å². The topological polar surface area (TPSA) is 68.0 Å². The van der Waals surface area contributed by atoms with Crippen LogP contribution < -0.4 is 5.73 Å². The van der Waals surface area contributed by atoms with E-state index in [2.05, 4.69) is 4.90 Å². The molecule has 5 heteroatoms. The van der Waals surface area contributed by atoms with E-state index < -0.39 is 6.10 Å². The van der Waals surface area contributed by atoms with E-state index in [1.54, 1.807) is 7.11 Å². The minimum Gasteiger partial charge on any atom is -0.389 e. The second kappa shape index (κ2) is 7.19. The molecule has 1 aliphatic heterocycles. The van der Waals surface area contributed by atoms with Crippen LogP contribution in [0.1, 0.15) is 6.42 Å². The van der Waals surface area contributed by atoms with Gasteiger partial charge in [-0.15, -0.1) is 0 Å². The first-order valence-electron chi connectivity index (χ1n) is 5.82. The van der Waals surface area contributed by atoms with Crippen LogP contribution in [0.5, 0.6) is 0 Å². The molecule has 0 aromatic rings. The zero-order valence-corrected chi connectivity index (χ0v) is 10.3. The van der Waals surface area contributed by atoms with E-state index in [4.69, 9.17) is 15.2 Å². The van der Waals surface area contributed by atoms with Gasteiger partial charge in [0.15, 0.2) is 0 Å². The van der Waals surface area contributed by atoms with Gasteiger partial charge in [0.05, 0.1) is 19.3 Å². The Hall–Kier alpha value is -0.200. The molecule has 0 aromatic heterocycles. The minimum atomic E-state index is -0.435. The second-order valence-electron chi connectivity index (χ2n) is 4.62. The van der Waals surface area contributed by atoms with Gasteiger partial charge < -0.3 is 25.2 Å². The molecule has 0 radical (unpaired) electrons. The molecule has 0 aliphatic carbocycles. The lowest BCUT2D eigenvalue weighted by atomic mass is 9.96. The third-order valence-corrected chi connectivity index (χ3v) is 2.96. The summed E-state index contributed by atoms with van der Waals surface area (Å²) in [5.41, 5.74) is 6.02. The Morgan fingerprint density at radius 1 is 1.62 bits per heavy atom. The quantitative estimate of drug-likeness (QED) is 0.633. The largest absolute Gasteiger partial charge is 0.389 e. The van der Waals surface area contributed by atoms with E-state index in [0.29, 0.717) is 19.1 Å². The molecule has 16 heavy (non-hydrogen) atoms. The summed E-state index contributed by atoms with van der Waals surface area (Å²) in [7, 11) is 3.58. The number of nitrogens with two attached hydrogens (primary N) is 1. The van der Waals surface area contributed by atoms with Crippen LogP contribution in [0.2, 0.25) is 0 Å². The molecule has 1 saturated heterocycles. The van der Waals surface area contributed by atoms with Crippen molar-refractivity contribution in [3.8, 4) is 0 Å². The molecular formula is C11H24N2O3. The van der Waals surface area contributed by atoms with Crippen LogP contribution in [0.15, 0.2) is 0 Å². The van der Waals surface area contributed by atoms with E-state index >= 15 is 0 Å². The predicted molar refractivity (Wildman–Crippen MR) is 62.3 cm³/mol.